The van der Waals surface area contributed by atoms with Gasteiger partial charge in [-0.15, -0.1) is 0 Å². The number of aromatic nitrogens is 1. The molecular formula is C17H23N2O3+. The maximum atomic E-state index is 5.47. The van der Waals surface area contributed by atoms with Gasteiger partial charge in [-0.2, -0.15) is 0 Å². The second-order valence-corrected chi connectivity index (χ2v) is 4.99. The van der Waals surface area contributed by atoms with Crippen molar-refractivity contribution >= 4 is 0 Å². The lowest BCUT2D eigenvalue weighted by Crippen LogP contribution is -2.83. The van der Waals surface area contributed by atoms with Crippen LogP contribution in [0.15, 0.2) is 36.5 Å². The highest BCUT2D eigenvalue weighted by Crippen LogP contribution is 2.33. The Labute approximate surface area is 131 Å². The van der Waals surface area contributed by atoms with Crippen LogP contribution in [0.25, 0.3) is 0 Å². The van der Waals surface area contributed by atoms with Crippen molar-refractivity contribution in [1.82, 2.24) is 4.98 Å². The van der Waals surface area contributed by atoms with E-state index in [1.165, 1.54) is 0 Å². The number of quaternary nitrogens is 1. The summed E-state index contributed by atoms with van der Waals surface area (Å²) in [5, 5.41) is 2.20. The number of ether oxygens (including phenoxy) is 3. The normalized spacial score (nSPS) is 11.8. The molecule has 5 nitrogen and oxygen atoms in total. The Balaban J connectivity index is 2.18. The summed E-state index contributed by atoms with van der Waals surface area (Å²) < 4.78 is 16.2. The van der Waals surface area contributed by atoms with E-state index >= 15 is 0 Å². The molecule has 0 aliphatic rings. The molecule has 5 heteroatoms. The molecule has 0 bridgehead atoms. The first-order valence-electron chi connectivity index (χ1n) is 7.22. The van der Waals surface area contributed by atoms with Crippen molar-refractivity contribution in [3.8, 4) is 17.2 Å². The van der Waals surface area contributed by atoms with Gasteiger partial charge in [0.05, 0.1) is 32.6 Å². The Hall–Kier alpha value is -2.27. The molecule has 0 saturated carbocycles. The molecular weight excluding hydrogens is 280 g/mol. The molecule has 0 aliphatic heterocycles. The predicted octanol–water partition coefficient (Wildman–Crippen LogP) is 1.93. The second kappa shape index (κ2) is 7.66. The van der Waals surface area contributed by atoms with Gasteiger partial charge in [-0.05, 0) is 19.1 Å². The first-order valence-corrected chi connectivity index (χ1v) is 7.22. The molecule has 1 atom stereocenters. The fourth-order valence-electron chi connectivity index (χ4n) is 2.34. The predicted molar refractivity (Wildman–Crippen MR) is 84.4 cm³/mol. The molecule has 0 aliphatic carbocycles. The molecule has 0 spiro atoms. The molecule has 2 N–H and O–H groups in total. The van der Waals surface area contributed by atoms with Crippen LogP contribution >= 0.6 is 0 Å². The lowest BCUT2D eigenvalue weighted by Gasteiger charge is -2.16. The van der Waals surface area contributed by atoms with E-state index in [2.05, 4.69) is 17.2 Å². The second-order valence-electron chi connectivity index (χ2n) is 4.99. The fraction of sp³-hybridized carbons (Fsp3) is 0.353. The smallest absolute Gasteiger partial charge is 0.135 e. The van der Waals surface area contributed by atoms with Crippen molar-refractivity contribution in [2.24, 2.45) is 0 Å². The Morgan fingerprint density at radius 1 is 1.05 bits per heavy atom. The number of benzene rings is 1. The van der Waals surface area contributed by atoms with Crippen molar-refractivity contribution in [1.29, 1.82) is 0 Å². The van der Waals surface area contributed by atoms with Gasteiger partial charge >= 0.3 is 0 Å². The quantitative estimate of drug-likeness (QED) is 0.849. The van der Waals surface area contributed by atoms with Crippen LogP contribution < -0.4 is 19.5 Å². The van der Waals surface area contributed by atoms with Crippen LogP contribution in [0.4, 0.5) is 0 Å². The van der Waals surface area contributed by atoms with Crippen LogP contribution in [0, 0.1) is 0 Å². The van der Waals surface area contributed by atoms with E-state index < -0.39 is 0 Å². The number of nitrogens with two attached hydrogens (primary N) is 1. The maximum absolute atomic E-state index is 5.47. The van der Waals surface area contributed by atoms with Gasteiger partial charge < -0.3 is 19.5 Å². The summed E-state index contributed by atoms with van der Waals surface area (Å²) in [5.41, 5.74) is 2.06. The van der Waals surface area contributed by atoms with Gasteiger partial charge in [0.1, 0.15) is 29.8 Å². The minimum atomic E-state index is 0.248. The van der Waals surface area contributed by atoms with Gasteiger partial charge in [0.15, 0.2) is 0 Å². The average molecular weight is 303 g/mol. The molecule has 0 fully saturated rings. The molecule has 2 aromatic rings. The third kappa shape index (κ3) is 3.68. The molecule has 0 amide bonds. The van der Waals surface area contributed by atoms with Crippen LogP contribution in [0.3, 0.4) is 0 Å². The number of pyridine rings is 1. The summed E-state index contributed by atoms with van der Waals surface area (Å²) in [6.45, 7) is 2.86. The summed E-state index contributed by atoms with van der Waals surface area (Å²) in [6, 6.07) is 9.95. The number of nitrogens with zero attached hydrogens (tertiary/aromatic N) is 1. The summed E-state index contributed by atoms with van der Waals surface area (Å²) in [5.74, 6) is 2.25. The van der Waals surface area contributed by atoms with Gasteiger partial charge in [0.25, 0.3) is 0 Å². The van der Waals surface area contributed by atoms with Crippen LogP contribution in [-0.4, -0.2) is 26.3 Å². The number of hydrogen-bond acceptors (Lipinski definition) is 4. The molecule has 0 unspecified atom stereocenters. The fourth-order valence-corrected chi connectivity index (χ4v) is 2.34. The maximum Gasteiger partial charge on any atom is 0.135 e. The lowest BCUT2D eigenvalue weighted by atomic mass is 10.1. The van der Waals surface area contributed by atoms with Gasteiger partial charge in [0.2, 0.25) is 0 Å². The third-order valence-electron chi connectivity index (χ3n) is 3.65. The topological polar surface area (TPSA) is 57.2 Å². The van der Waals surface area contributed by atoms with Gasteiger partial charge in [-0.3, -0.25) is 4.98 Å². The van der Waals surface area contributed by atoms with E-state index in [4.69, 9.17) is 14.2 Å². The van der Waals surface area contributed by atoms with E-state index in [1.54, 1.807) is 21.3 Å². The molecule has 0 saturated heterocycles. The summed E-state index contributed by atoms with van der Waals surface area (Å²) in [6.07, 6.45) is 1.81. The standard InChI is InChI=1S/C17H22N2O3/c1-12(15-7-5-6-8-18-15)19-11-14-16(21-3)9-13(20-2)10-17(14)22-4/h5-10,12,19H,11H2,1-4H3/p+1/t12-/m0/s1. The van der Waals surface area contributed by atoms with Crippen molar-refractivity contribution in [2.45, 2.75) is 19.5 Å². The minimum Gasteiger partial charge on any atom is -0.496 e. The van der Waals surface area contributed by atoms with Crippen LogP contribution in [0.1, 0.15) is 24.2 Å². The van der Waals surface area contributed by atoms with Crippen molar-refractivity contribution in [2.75, 3.05) is 21.3 Å². The number of methoxy groups -OCH3 is 3. The summed E-state index contributed by atoms with van der Waals surface area (Å²) in [4.78, 5) is 4.39. The first-order chi connectivity index (χ1) is 10.7. The number of rotatable bonds is 7. The van der Waals surface area contributed by atoms with E-state index in [1.807, 2.05) is 36.5 Å². The van der Waals surface area contributed by atoms with Crippen LogP contribution in [0.5, 0.6) is 17.2 Å². The first kappa shape index (κ1) is 16.1. The van der Waals surface area contributed by atoms with Crippen molar-refractivity contribution in [3.63, 3.8) is 0 Å². The average Bonchev–Trinajstić information content (AvgIpc) is 2.59. The SMILES string of the molecule is COc1cc(OC)c(C[NH2+][C@@H](C)c2ccccn2)c(OC)c1. The molecule has 1 aromatic carbocycles. The Morgan fingerprint density at radius 3 is 2.23 bits per heavy atom. The summed E-state index contributed by atoms with van der Waals surface area (Å²) >= 11 is 0. The zero-order valence-corrected chi connectivity index (χ0v) is 13.5. The van der Waals surface area contributed by atoms with Crippen LogP contribution in [0.2, 0.25) is 0 Å². The van der Waals surface area contributed by atoms with Crippen molar-refractivity contribution in [3.05, 3.63) is 47.8 Å². The molecule has 1 aromatic heterocycles. The van der Waals surface area contributed by atoms with Gasteiger partial charge in [-0.1, -0.05) is 6.07 Å². The van der Waals surface area contributed by atoms with Gasteiger partial charge in [0, 0.05) is 18.3 Å². The Morgan fingerprint density at radius 2 is 1.73 bits per heavy atom. The Bertz CT molecular complexity index is 577. The molecule has 1 heterocycles. The highest BCUT2D eigenvalue weighted by molar-refractivity contribution is 5.50. The third-order valence-corrected chi connectivity index (χ3v) is 3.65. The molecule has 118 valence electrons. The lowest BCUT2D eigenvalue weighted by molar-refractivity contribution is -0.708. The zero-order chi connectivity index (χ0) is 15.9. The monoisotopic (exact) mass is 303 g/mol. The molecule has 22 heavy (non-hydrogen) atoms. The molecule has 2 rings (SSSR count). The summed E-state index contributed by atoms with van der Waals surface area (Å²) in [7, 11) is 4.93. The van der Waals surface area contributed by atoms with E-state index in [-0.39, 0.29) is 6.04 Å². The number of hydrogen-bond donors (Lipinski definition) is 1. The highest BCUT2D eigenvalue weighted by atomic mass is 16.5. The highest BCUT2D eigenvalue weighted by Gasteiger charge is 2.17. The van der Waals surface area contributed by atoms with E-state index in [0.717, 1.165) is 35.1 Å². The Kier molecular flexibility index (Phi) is 5.61. The molecule has 0 radical (unpaired) electrons. The van der Waals surface area contributed by atoms with Crippen molar-refractivity contribution < 1.29 is 19.5 Å². The minimum absolute atomic E-state index is 0.248. The largest absolute Gasteiger partial charge is 0.496 e. The van der Waals surface area contributed by atoms with E-state index in [0.29, 0.717) is 0 Å². The van der Waals surface area contributed by atoms with Crippen LogP contribution in [-0.2, 0) is 6.54 Å². The van der Waals surface area contributed by atoms with Gasteiger partial charge in [-0.25, -0.2) is 0 Å². The van der Waals surface area contributed by atoms with E-state index in [9.17, 15) is 0 Å². The zero-order valence-electron chi connectivity index (χ0n) is 13.5.